The van der Waals surface area contributed by atoms with E-state index in [1.165, 1.54) is 25.8 Å². The quantitative estimate of drug-likeness (QED) is 0.835. The minimum atomic E-state index is 0.269. The maximum Gasteiger partial charge on any atom is 0.0829 e. The molecule has 4 nitrogen and oxygen atoms in total. The van der Waals surface area contributed by atoms with E-state index in [0.717, 1.165) is 26.2 Å². The molecule has 2 N–H and O–H groups in total. The van der Waals surface area contributed by atoms with E-state index < -0.39 is 0 Å². The Morgan fingerprint density at radius 3 is 2.68 bits per heavy atom. The Morgan fingerprint density at radius 1 is 1.21 bits per heavy atom. The Hall–Kier alpha value is -0.160. The van der Waals surface area contributed by atoms with Crippen LogP contribution < -0.4 is 5.73 Å². The second-order valence-corrected chi connectivity index (χ2v) is 6.50. The lowest BCUT2D eigenvalue weighted by atomic mass is 9.96. The van der Waals surface area contributed by atoms with Gasteiger partial charge in [0.1, 0.15) is 0 Å². The average molecular weight is 269 g/mol. The maximum atomic E-state index is 6.15. The van der Waals surface area contributed by atoms with Crippen LogP contribution in [0.5, 0.6) is 0 Å². The normalized spacial score (nSPS) is 32.7. The molecule has 112 valence electrons. The van der Waals surface area contributed by atoms with Crippen molar-refractivity contribution in [3.63, 3.8) is 0 Å². The van der Waals surface area contributed by atoms with Crippen molar-refractivity contribution in [3.8, 4) is 0 Å². The van der Waals surface area contributed by atoms with Crippen molar-refractivity contribution < 1.29 is 4.74 Å². The molecule has 2 aliphatic heterocycles. The monoisotopic (exact) mass is 269 g/mol. The van der Waals surface area contributed by atoms with E-state index in [2.05, 4.69) is 30.6 Å². The molecule has 0 aromatic carbocycles. The molecule has 2 saturated heterocycles. The zero-order valence-electron chi connectivity index (χ0n) is 12.8. The fourth-order valence-electron chi connectivity index (χ4n) is 3.42. The summed E-state index contributed by atoms with van der Waals surface area (Å²) in [6, 6.07) is 1.44. The molecule has 0 saturated carbocycles. The van der Waals surface area contributed by atoms with Gasteiger partial charge in [0.2, 0.25) is 0 Å². The molecule has 19 heavy (non-hydrogen) atoms. The minimum Gasteiger partial charge on any atom is -0.374 e. The summed E-state index contributed by atoms with van der Waals surface area (Å²) >= 11 is 0. The van der Waals surface area contributed by atoms with Crippen molar-refractivity contribution in [2.75, 3.05) is 32.8 Å². The van der Waals surface area contributed by atoms with E-state index in [9.17, 15) is 0 Å². The van der Waals surface area contributed by atoms with Crippen LogP contribution in [0.3, 0.4) is 0 Å². The predicted octanol–water partition coefficient (Wildman–Crippen LogP) is 1.30. The standard InChI is InChI=1S/C15H31N3O/c1-12(2)17-8-9-19-14(10-17)11-18-7-5-4-6-15(18)13(3)16/h12-15H,4-11,16H2,1-3H3. The van der Waals surface area contributed by atoms with Gasteiger partial charge in [-0.25, -0.2) is 0 Å². The van der Waals surface area contributed by atoms with Gasteiger partial charge < -0.3 is 10.5 Å². The molecule has 2 rings (SSSR count). The summed E-state index contributed by atoms with van der Waals surface area (Å²) in [6.45, 7) is 11.9. The molecule has 2 fully saturated rings. The number of morpholine rings is 1. The summed E-state index contributed by atoms with van der Waals surface area (Å²) in [4.78, 5) is 5.10. The molecule has 2 heterocycles. The van der Waals surface area contributed by atoms with Crippen LogP contribution in [0, 0.1) is 0 Å². The van der Waals surface area contributed by atoms with Crippen molar-refractivity contribution in [2.45, 2.75) is 64.3 Å². The lowest BCUT2D eigenvalue weighted by Gasteiger charge is -2.42. The number of ether oxygens (including phenoxy) is 1. The van der Waals surface area contributed by atoms with Gasteiger partial charge in [-0.3, -0.25) is 9.80 Å². The van der Waals surface area contributed by atoms with Gasteiger partial charge in [0.25, 0.3) is 0 Å². The van der Waals surface area contributed by atoms with Crippen LogP contribution in [0.2, 0.25) is 0 Å². The zero-order chi connectivity index (χ0) is 13.8. The molecule has 3 unspecified atom stereocenters. The summed E-state index contributed by atoms with van der Waals surface area (Å²) in [5, 5.41) is 0. The highest BCUT2D eigenvalue weighted by atomic mass is 16.5. The zero-order valence-corrected chi connectivity index (χ0v) is 12.8. The Morgan fingerprint density at radius 2 is 2.00 bits per heavy atom. The van der Waals surface area contributed by atoms with Crippen LogP contribution in [0.1, 0.15) is 40.0 Å². The number of hydrogen-bond acceptors (Lipinski definition) is 4. The molecule has 0 bridgehead atoms. The van der Waals surface area contributed by atoms with Crippen LogP contribution >= 0.6 is 0 Å². The number of hydrogen-bond donors (Lipinski definition) is 1. The van der Waals surface area contributed by atoms with Gasteiger partial charge in [0.05, 0.1) is 12.7 Å². The first-order chi connectivity index (χ1) is 9.08. The van der Waals surface area contributed by atoms with Gasteiger partial charge in [-0.15, -0.1) is 0 Å². The molecule has 3 atom stereocenters. The first-order valence-corrected chi connectivity index (χ1v) is 7.93. The summed E-state index contributed by atoms with van der Waals surface area (Å²) in [5.74, 6) is 0. The molecule has 0 spiro atoms. The SMILES string of the molecule is CC(N)C1CCCCN1CC1CN(C(C)C)CCO1. The summed E-state index contributed by atoms with van der Waals surface area (Å²) in [7, 11) is 0. The first kappa shape index (κ1) is 15.2. The third-order valence-corrected chi connectivity index (χ3v) is 4.61. The van der Waals surface area contributed by atoms with E-state index in [-0.39, 0.29) is 6.04 Å². The van der Waals surface area contributed by atoms with E-state index in [0.29, 0.717) is 18.2 Å². The number of likely N-dealkylation sites (tertiary alicyclic amines) is 1. The van der Waals surface area contributed by atoms with Crippen LogP contribution in [0.4, 0.5) is 0 Å². The van der Waals surface area contributed by atoms with Crippen molar-refractivity contribution in [3.05, 3.63) is 0 Å². The van der Waals surface area contributed by atoms with Crippen LogP contribution in [-0.4, -0.2) is 66.8 Å². The summed E-state index contributed by atoms with van der Waals surface area (Å²) < 4.78 is 5.97. The van der Waals surface area contributed by atoms with E-state index in [4.69, 9.17) is 10.5 Å². The smallest absolute Gasteiger partial charge is 0.0829 e. The maximum absolute atomic E-state index is 6.15. The second kappa shape index (κ2) is 7.02. The summed E-state index contributed by atoms with van der Waals surface area (Å²) in [6.07, 6.45) is 4.24. The average Bonchev–Trinajstić information content (AvgIpc) is 2.39. The van der Waals surface area contributed by atoms with Gasteiger partial charge in [-0.05, 0) is 40.2 Å². The molecular weight excluding hydrogens is 238 g/mol. The van der Waals surface area contributed by atoms with Crippen molar-refractivity contribution in [2.24, 2.45) is 5.73 Å². The number of nitrogens with zero attached hydrogens (tertiary/aromatic N) is 2. The Kier molecular flexibility index (Phi) is 5.63. The van der Waals surface area contributed by atoms with Gasteiger partial charge in [0.15, 0.2) is 0 Å². The van der Waals surface area contributed by atoms with Crippen LogP contribution in [0.25, 0.3) is 0 Å². The number of rotatable bonds is 4. The third-order valence-electron chi connectivity index (χ3n) is 4.61. The number of piperidine rings is 1. The lowest BCUT2D eigenvalue weighted by Crippen LogP contribution is -2.55. The molecule has 0 aliphatic carbocycles. The summed E-state index contributed by atoms with van der Waals surface area (Å²) in [5.41, 5.74) is 6.15. The highest BCUT2D eigenvalue weighted by molar-refractivity contribution is 4.86. The molecule has 0 aromatic rings. The van der Waals surface area contributed by atoms with Gasteiger partial charge in [-0.2, -0.15) is 0 Å². The fraction of sp³-hybridized carbons (Fsp3) is 1.00. The highest BCUT2D eigenvalue weighted by Crippen LogP contribution is 2.20. The van der Waals surface area contributed by atoms with E-state index >= 15 is 0 Å². The molecule has 0 amide bonds. The Balaban J connectivity index is 1.88. The Labute approximate surface area is 118 Å². The van der Waals surface area contributed by atoms with Crippen molar-refractivity contribution in [1.29, 1.82) is 0 Å². The van der Waals surface area contributed by atoms with Crippen LogP contribution in [-0.2, 0) is 4.74 Å². The molecule has 0 radical (unpaired) electrons. The van der Waals surface area contributed by atoms with Gasteiger partial charge >= 0.3 is 0 Å². The molecular formula is C15H31N3O. The molecule has 0 aromatic heterocycles. The Bertz CT molecular complexity index is 270. The first-order valence-electron chi connectivity index (χ1n) is 7.93. The van der Waals surface area contributed by atoms with E-state index in [1.807, 2.05) is 0 Å². The topological polar surface area (TPSA) is 41.7 Å². The lowest BCUT2D eigenvalue weighted by molar-refractivity contribution is -0.0611. The van der Waals surface area contributed by atoms with Crippen molar-refractivity contribution in [1.82, 2.24) is 9.80 Å². The van der Waals surface area contributed by atoms with Gasteiger partial charge in [0, 0.05) is 37.8 Å². The van der Waals surface area contributed by atoms with Crippen LogP contribution in [0.15, 0.2) is 0 Å². The molecule has 2 aliphatic rings. The largest absolute Gasteiger partial charge is 0.374 e. The molecule has 4 heteroatoms. The second-order valence-electron chi connectivity index (χ2n) is 6.50. The number of nitrogens with two attached hydrogens (primary N) is 1. The van der Waals surface area contributed by atoms with Gasteiger partial charge in [-0.1, -0.05) is 6.42 Å². The van der Waals surface area contributed by atoms with E-state index in [1.54, 1.807) is 0 Å². The van der Waals surface area contributed by atoms with Crippen molar-refractivity contribution >= 4 is 0 Å². The fourth-order valence-corrected chi connectivity index (χ4v) is 3.42. The highest BCUT2D eigenvalue weighted by Gasteiger charge is 2.30. The minimum absolute atomic E-state index is 0.269. The third kappa shape index (κ3) is 4.15. The predicted molar refractivity (Wildman–Crippen MR) is 79.3 cm³/mol.